The lowest BCUT2D eigenvalue weighted by molar-refractivity contribution is -0.364. The minimum Gasteiger partial charge on any atom is -0.508 e. The van der Waals surface area contributed by atoms with E-state index in [0.717, 1.165) is 11.6 Å². The summed E-state index contributed by atoms with van der Waals surface area (Å²) in [6.07, 6.45) is -21.9. The molecular formula is C35H46O19. The molecule has 0 spiro atoms. The highest BCUT2D eigenvalue weighted by molar-refractivity contribution is 5.87. The molecule has 54 heavy (non-hydrogen) atoms. The number of aliphatic hydroxyl groups is 8. The van der Waals surface area contributed by atoms with Crippen LogP contribution in [0.15, 0.2) is 48.5 Å². The molecule has 0 aromatic heterocycles. The van der Waals surface area contributed by atoms with Gasteiger partial charge in [-0.3, -0.25) is 0 Å². The lowest BCUT2D eigenvalue weighted by Gasteiger charge is -2.47. The molecule has 2 aromatic rings. The lowest BCUT2D eigenvalue weighted by Crippen LogP contribution is -2.65. The zero-order chi connectivity index (χ0) is 39.3. The van der Waals surface area contributed by atoms with Crippen molar-refractivity contribution in [2.24, 2.45) is 0 Å². The molecular weight excluding hydrogens is 724 g/mol. The molecule has 3 heterocycles. The Bertz CT molecular complexity index is 1540. The van der Waals surface area contributed by atoms with Gasteiger partial charge in [0, 0.05) is 6.08 Å². The Kier molecular flexibility index (Phi) is 14.2. The van der Waals surface area contributed by atoms with Crippen LogP contribution in [0.2, 0.25) is 0 Å². The second-order valence-electron chi connectivity index (χ2n) is 13.1. The normalized spacial score (nSPS) is 37.3. The van der Waals surface area contributed by atoms with E-state index in [1.807, 2.05) is 0 Å². The standard InChI is InChI=1S/C35H46O19/c1-15-24(41)26(43)29(46)35(50-15)54-32-30(47)34(48-11-10-16-2-6-18(37)7-3-16)52-22(14-49-33-28(45)27(44)25(42)21(13-36)51-33)31(32)53-23(40)9-5-17-4-8-19(38)20(39)12-17/h2-9,12,15,21-22,24-39,41-47H,10-11,13-14H2,1H3. The third-order valence-corrected chi connectivity index (χ3v) is 9.26. The number of phenols is 3. The van der Waals surface area contributed by atoms with Crippen LogP contribution in [-0.2, 0) is 44.4 Å². The highest BCUT2D eigenvalue weighted by atomic mass is 16.8. The first-order valence-electron chi connectivity index (χ1n) is 17.1. The molecule has 15 unspecified atom stereocenters. The van der Waals surface area contributed by atoms with Crippen molar-refractivity contribution in [2.45, 2.75) is 105 Å². The van der Waals surface area contributed by atoms with Gasteiger partial charge >= 0.3 is 5.97 Å². The zero-order valence-corrected chi connectivity index (χ0v) is 28.9. The number of carbonyl (C=O) groups is 1. The Morgan fingerprint density at radius 3 is 2.04 bits per heavy atom. The van der Waals surface area contributed by atoms with Crippen LogP contribution in [0.5, 0.6) is 17.2 Å². The van der Waals surface area contributed by atoms with Crippen LogP contribution in [0, 0.1) is 0 Å². The van der Waals surface area contributed by atoms with Crippen LogP contribution < -0.4 is 0 Å². The van der Waals surface area contributed by atoms with Crippen molar-refractivity contribution in [2.75, 3.05) is 19.8 Å². The van der Waals surface area contributed by atoms with E-state index in [1.54, 1.807) is 12.1 Å². The molecule has 0 aliphatic carbocycles. The Labute approximate surface area is 308 Å². The highest BCUT2D eigenvalue weighted by Crippen LogP contribution is 2.33. The molecule has 0 bridgehead atoms. The number of aromatic hydroxyl groups is 3. The van der Waals surface area contributed by atoms with E-state index in [-0.39, 0.29) is 24.3 Å². The fraction of sp³-hybridized carbons (Fsp3) is 0.571. The number of aliphatic hydroxyl groups excluding tert-OH is 8. The molecule has 3 fully saturated rings. The first-order chi connectivity index (χ1) is 25.7. The van der Waals surface area contributed by atoms with E-state index in [1.165, 1.54) is 43.3 Å². The lowest BCUT2D eigenvalue weighted by atomic mass is 9.96. The number of phenolic OH excluding ortho intramolecular Hbond substituents is 3. The molecule has 0 radical (unpaired) electrons. The number of ether oxygens (including phenoxy) is 7. The van der Waals surface area contributed by atoms with Gasteiger partial charge in [0.15, 0.2) is 36.5 Å². The fourth-order valence-electron chi connectivity index (χ4n) is 6.08. The molecule has 11 N–H and O–H groups in total. The first kappa shape index (κ1) is 41.6. The first-order valence-corrected chi connectivity index (χ1v) is 17.1. The second kappa shape index (κ2) is 18.4. The average Bonchev–Trinajstić information content (AvgIpc) is 3.15. The summed E-state index contributed by atoms with van der Waals surface area (Å²) in [5.41, 5.74) is 1.02. The molecule has 19 heteroatoms. The van der Waals surface area contributed by atoms with Gasteiger partial charge in [-0.25, -0.2) is 4.79 Å². The third-order valence-electron chi connectivity index (χ3n) is 9.26. The van der Waals surface area contributed by atoms with E-state index in [9.17, 15) is 61.0 Å². The van der Waals surface area contributed by atoms with Crippen LogP contribution in [0.25, 0.3) is 6.08 Å². The van der Waals surface area contributed by atoms with E-state index < -0.39 is 123 Å². The predicted molar refractivity (Wildman–Crippen MR) is 178 cm³/mol. The molecule has 3 saturated heterocycles. The van der Waals surface area contributed by atoms with Crippen molar-refractivity contribution in [3.63, 3.8) is 0 Å². The van der Waals surface area contributed by atoms with E-state index in [2.05, 4.69) is 0 Å². The van der Waals surface area contributed by atoms with Gasteiger partial charge < -0.3 is 89.3 Å². The second-order valence-corrected chi connectivity index (χ2v) is 13.1. The number of esters is 1. The van der Waals surface area contributed by atoms with Crippen LogP contribution in [-0.4, -0.2) is 174 Å². The summed E-state index contributed by atoms with van der Waals surface area (Å²) >= 11 is 0. The minimum atomic E-state index is -1.86. The van der Waals surface area contributed by atoms with Crippen molar-refractivity contribution in [1.29, 1.82) is 0 Å². The van der Waals surface area contributed by atoms with Gasteiger partial charge in [-0.2, -0.15) is 0 Å². The van der Waals surface area contributed by atoms with E-state index >= 15 is 0 Å². The SMILES string of the molecule is CC1OC(OC2C(O)C(OCCc3ccc(O)cc3)OC(COC3OC(CO)C(O)C(O)C3O)C2OC(=O)C=Cc2ccc(O)c(O)c2)C(O)C(O)C1O. The summed E-state index contributed by atoms with van der Waals surface area (Å²) in [7, 11) is 0. The summed E-state index contributed by atoms with van der Waals surface area (Å²) in [5.74, 6) is -1.87. The Hall–Kier alpha value is -3.51. The molecule has 2 aromatic carbocycles. The van der Waals surface area contributed by atoms with Gasteiger partial charge in [-0.1, -0.05) is 18.2 Å². The Balaban J connectivity index is 1.43. The largest absolute Gasteiger partial charge is 0.508 e. The average molecular weight is 771 g/mol. The van der Waals surface area contributed by atoms with Crippen molar-refractivity contribution < 1.29 is 94.1 Å². The maximum absolute atomic E-state index is 13.3. The van der Waals surface area contributed by atoms with Crippen molar-refractivity contribution in [3.05, 3.63) is 59.7 Å². The van der Waals surface area contributed by atoms with Crippen molar-refractivity contribution in [3.8, 4) is 17.2 Å². The van der Waals surface area contributed by atoms with Gasteiger partial charge in [0.2, 0.25) is 0 Å². The quantitative estimate of drug-likeness (QED) is 0.0553. The molecule has 19 nitrogen and oxygen atoms in total. The minimum absolute atomic E-state index is 0.0451. The van der Waals surface area contributed by atoms with Crippen LogP contribution in [0.3, 0.4) is 0 Å². The number of rotatable bonds is 13. The summed E-state index contributed by atoms with van der Waals surface area (Å²) in [6.45, 7) is -0.0761. The van der Waals surface area contributed by atoms with Gasteiger partial charge in [0.1, 0.15) is 66.8 Å². The number of hydrogen-bond acceptors (Lipinski definition) is 19. The van der Waals surface area contributed by atoms with Crippen LogP contribution in [0.4, 0.5) is 0 Å². The summed E-state index contributed by atoms with van der Waals surface area (Å²) in [4.78, 5) is 13.3. The molecule has 300 valence electrons. The summed E-state index contributed by atoms with van der Waals surface area (Å²) in [5, 5.41) is 113. The van der Waals surface area contributed by atoms with E-state index in [4.69, 9.17) is 33.2 Å². The monoisotopic (exact) mass is 770 g/mol. The van der Waals surface area contributed by atoms with Gasteiger partial charge in [-0.05, 0) is 54.8 Å². The van der Waals surface area contributed by atoms with E-state index in [0.29, 0.717) is 0 Å². The van der Waals surface area contributed by atoms with Gasteiger partial charge in [0.25, 0.3) is 0 Å². The predicted octanol–water partition coefficient (Wildman–Crippen LogP) is -2.90. The zero-order valence-electron chi connectivity index (χ0n) is 28.9. The number of benzene rings is 2. The van der Waals surface area contributed by atoms with Crippen molar-refractivity contribution >= 4 is 12.0 Å². The Morgan fingerprint density at radius 1 is 0.704 bits per heavy atom. The maximum Gasteiger partial charge on any atom is 0.331 e. The number of hydrogen-bond donors (Lipinski definition) is 11. The van der Waals surface area contributed by atoms with Gasteiger partial charge in [0.05, 0.1) is 25.9 Å². The maximum atomic E-state index is 13.3. The molecule has 3 aliphatic heterocycles. The summed E-state index contributed by atoms with van der Waals surface area (Å²) < 4.78 is 40.3. The topological polar surface area (TPSA) is 304 Å². The molecule has 5 rings (SSSR count). The number of carbonyl (C=O) groups excluding carboxylic acids is 1. The molecule has 0 saturated carbocycles. The third kappa shape index (κ3) is 9.83. The smallest absolute Gasteiger partial charge is 0.331 e. The fourth-order valence-corrected chi connectivity index (χ4v) is 6.08. The summed E-state index contributed by atoms with van der Waals surface area (Å²) in [6, 6.07) is 9.97. The molecule has 15 atom stereocenters. The molecule has 3 aliphatic rings. The van der Waals surface area contributed by atoms with Crippen LogP contribution >= 0.6 is 0 Å². The Morgan fingerprint density at radius 2 is 1.35 bits per heavy atom. The molecule has 0 amide bonds. The van der Waals surface area contributed by atoms with Crippen LogP contribution in [0.1, 0.15) is 18.1 Å². The highest BCUT2D eigenvalue weighted by Gasteiger charge is 2.53. The van der Waals surface area contributed by atoms with Crippen molar-refractivity contribution in [1.82, 2.24) is 0 Å². The van der Waals surface area contributed by atoms with Gasteiger partial charge in [-0.15, -0.1) is 0 Å².